The number of phenols is 1. The summed E-state index contributed by atoms with van der Waals surface area (Å²) in [6, 6.07) is 6.63. The third kappa shape index (κ3) is 3.29. The van der Waals surface area contributed by atoms with E-state index in [1.54, 1.807) is 0 Å². The second kappa shape index (κ2) is 6.86. The molecule has 1 aliphatic carbocycles. The summed E-state index contributed by atoms with van der Waals surface area (Å²) in [5.74, 6) is 1.03. The Morgan fingerprint density at radius 3 is 2.83 bits per heavy atom. The lowest BCUT2D eigenvalue weighted by atomic mass is 9.61. The van der Waals surface area contributed by atoms with Gasteiger partial charge in [-0.1, -0.05) is 31.6 Å². The van der Waals surface area contributed by atoms with Crippen LogP contribution in [0.3, 0.4) is 0 Å². The average molecular weight is 336 g/mol. The number of phenolic OH excluding ortho intramolecular Hbond substituents is 1. The summed E-state index contributed by atoms with van der Waals surface area (Å²) in [5.41, 5.74) is 4.42. The molecule has 0 amide bonds. The summed E-state index contributed by atoms with van der Waals surface area (Å²) < 4.78 is 0. The molecule has 3 heteroatoms. The second-order valence-corrected chi connectivity index (χ2v) is 7.70. The fourth-order valence-corrected chi connectivity index (χ4v) is 4.50. The van der Waals surface area contributed by atoms with Gasteiger partial charge in [0.15, 0.2) is 0 Å². The zero-order chi connectivity index (χ0) is 15.9. The normalized spacial score (nSPS) is 29.9. The van der Waals surface area contributed by atoms with Crippen molar-refractivity contribution in [3.05, 3.63) is 41.0 Å². The van der Waals surface area contributed by atoms with E-state index in [0.29, 0.717) is 17.7 Å². The zero-order valence-electron chi connectivity index (χ0n) is 14.8. The minimum Gasteiger partial charge on any atom is -0.508 e. The fraction of sp³-hybridized carbons (Fsp3) is 0.600. The lowest BCUT2D eigenvalue weighted by molar-refractivity contribution is 0.130. The number of likely N-dealkylation sites (tertiary alicyclic amines) is 1. The van der Waals surface area contributed by atoms with Crippen LogP contribution in [0, 0.1) is 5.92 Å². The Bertz CT molecular complexity index is 593. The van der Waals surface area contributed by atoms with E-state index < -0.39 is 0 Å². The summed E-state index contributed by atoms with van der Waals surface area (Å²) in [5, 5.41) is 9.94. The number of hydrogen-bond donors (Lipinski definition) is 1. The van der Waals surface area contributed by atoms with Crippen LogP contribution in [-0.2, 0) is 11.8 Å². The Kier molecular flexibility index (Phi) is 5.48. The topological polar surface area (TPSA) is 23.5 Å². The van der Waals surface area contributed by atoms with Crippen molar-refractivity contribution in [2.45, 2.75) is 58.4 Å². The van der Waals surface area contributed by atoms with Crippen molar-refractivity contribution in [2.24, 2.45) is 5.92 Å². The summed E-state index contributed by atoms with van der Waals surface area (Å²) in [4.78, 5) is 2.68. The Hall–Kier alpha value is -0.990. The van der Waals surface area contributed by atoms with E-state index in [-0.39, 0.29) is 17.8 Å². The highest BCUT2D eigenvalue weighted by Gasteiger charge is 2.46. The van der Waals surface area contributed by atoms with E-state index in [1.807, 2.05) is 12.1 Å². The molecule has 23 heavy (non-hydrogen) atoms. The highest BCUT2D eigenvalue weighted by atomic mass is 35.5. The van der Waals surface area contributed by atoms with Crippen molar-refractivity contribution in [2.75, 3.05) is 13.1 Å². The lowest BCUT2D eigenvalue weighted by Gasteiger charge is -2.47. The van der Waals surface area contributed by atoms with Gasteiger partial charge in [-0.05, 0) is 74.2 Å². The molecular formula is C20H30ClNO. The standard InChI is InChI=1S/C20H29NO.ClH/c1-14(2)8-11-21-10-5-9-20(4)15(3)19(21)12-16-6-7-17(22)13-18(16)20;/h6-8,13,15,19,22H,5,9-12H2,1-4H3;1H/t15-,19-,20-;/m1./s1. The van der Waals surface area contributed by atoms with E-state index >= 15 is 0 Å². The summed E-state index contributed by atoms with van der Waals surface area (Å²) in [6.45, 7) is 11.5. The summed E-state index contributed by atoms with van der Waals surface area (Å²) in [7, 11) is 0. The largest absolute Gasteiger partial charge is 0.508 e. The van der Waals surface area contributed by atoms with Crippen molar-refractivity contribution in [1.29, 1.82) is 0 Å². The molecule has 0 aromatic heterocycles. The maximum atomic E-state index is 9.94. The molecule has 1 saturated heterocycles. The first-order valence-corrected chi connectivity index (χ1v) is 8.61. The minimum absolute atomic E-state index is 0. The van der Waals surface area contributed by atoms with Gasteiger partial charge in [0.2, 0.25) is 0 Å². The molecule has 0 spiro atoms. The number of rotatable bonds is 2. The van der Waals surface area contributed by atoms with Crippen molar-refractivity contribution in [3.63, 3.8) is 0 Å². The van der Waals surface area contributed by atoms with Crippen molar-refractivity contribution in [3.8, 4) is 5.75 Å². The highest BCUT2D eigenvalue weighted by Crippen LogP contribution is 2.48. The summed E-state index contributed by atoms with van der Waals surface area (Å²) in [6.07, 6.45) is 5.93. The van der Waals surface area contributed by atoms with E-state index in [4.69, 9.17) is 0 Å². The van der Waals surface area contributed by atoms with E-state index in [2.05, 4.69) is 44.7 Å². The van der Waals surface area contributed by atoms with Gasteiger partial charge in [-0.3, -0.25) is 4.90 Å². The molecule has 0 radical (unpaired) electrons. The first-order chi connectivity index (χ1) is 10.4. The van der Waals surface area contributed by atoms with Crippen LogP contribution in [0.1, 0.15) is 51.7 Å². The Labute approximate surface area is 147 Å². The smallest absolute Gasteiger partial charge is 0.115 e. The third-order valence-electron chi connectivity index (χ3n) is 6.06. The molecular weight excluding hydrogens is 306 g/mol. The van der Waals surface area contributed by atoms with Gasteiger partial charge in [0.1, 0.15) is 5.75 Å². The van der Waals surface area contributed by atoms with E-state index in [9.17, 15) is 5.11 Å². The third-order valence-corrected chi connectivity index (χ3v) is 6.06. The molecule has 1 fully saturated rings. The minimum atomic E-state index is 0. The van der Waals surface area contributed by atoms with Crippen LogP contribution in [0.15, 0.2) is 29.8 Å². The molecule has 2 nitrogen and oxygen atoms in total. The fourth-order valence-electron chi connectivity index (χ4n) is 4.50. The first-order valence-electron chi connectivity index (χ1n) is 8.61. The first kappa shape index (κ1) is 18.4. The lowest BCUT2D eigenvalue weighted by Crippen LogP contribution is -2.49. The molecule has 1 aromatic rings. The Morgan fingerprint density at radius 2 is 2.13 bits per heavy atom. The molecule has 1 N–H and O–H groups in total. The van der Waals surface area contributed by atoms with Gasteiger partial charge < -0.3 is 5.11 Å². The molecule has 1 aliphatic heterocycles. The Balaban J connectivity index is 0.00000192. The Morgan fingerprint density at radius 1 is 1.39 bits per heavy atom. The average Bonchev–Trinajstić information content (AvgIpc) is 2.54. The van der Waals surface area contributed by atoms with Crippen LogP contribution >= 0.6 is 12.4 Å². The van der Waals surface area contributed by atoms with Gasteiger partial charge in [0.25, 0.3) is 0 Å². The predicted octanol–water partition coefficient (Wildman–Crippen LogP) is 4.69. The number of nitrogens with zero attached hydrogens (tertiary/aromatic N) is 1. The quantitative estimate of drug-likeness (QED) is 0.792. The summed E-state index contributed by atoms with van der Waals surface area (Å²) >= 11 is 0. The molecule has 1 aromatic carbocycles. The second-order valence-electron chi connectivity index (χ2n) is 7.70. The van der Waals surface area contributed by atoms with Crippen LogP contribution in [0.5, 0.6) is 5.75 Å². The maximum absolute atomic E-state index is 9.94. The van der Waals surface area contributed by atoms with Gasteiger partial charge in [-0.2, -0.15) is 0 Å². The molecule has 3 atom stereocenters. The van der Waals surface area contributed by atoms with Crippen LogP contribution < -0.4 is 0 Å². The highest BCUT2D eigenvalue weighted by molar-refractivity contribution is 5.85. The number of fused-ring (bicyclic) bond motifs is 4. The number of aromatic hydroxyl groups is 1. The van der Waals surface area contributed by atoms with E-state index in [1.165, 1.54) is 36.1 Å². The molecule has 0 unspecified atom stereocenters. The predicted molar refractivity (Wildman–Crippen MR) is 99.6 cm³/mol. The van der Waals surface area contributed by atoms with Gasteiger partial charge in [0.05, 0.1) is 0 Å². The van der Waals surface area contributed by atoms with Crippen LogP contribution in [0.25, 0.3) is 0 Å². The molecule has 0 saturated carbocycles. The zero-order valence-corrected chi connectivity index (χ0v) is 15.6. The van der Waals surface area contributed by atoms with Crippen LogP contribution in [0.4, 0.5) is 0 Å². The molecule has 128 valence electrons. The maximum Gasteiger partial charge on any atom is 0.115 e. The number of benzene rings is 1. The molecule has 1 heterocycles. The van der Waals surface area contributed by atoms with E-state index in [0.717, 1.165) is 13.0 Å². The van der Waals surface area contributed by atoms with Gasteiger partial charge >= 0.3 is 0 Å². The number of allylic oxidation sites excluding steroid dienone is 1. The molecule has 2 bridgehead atoms. The van der Waals surface area contributed by atoms with Crippen molar-refractivity contribution < 1.29 is 5.11 Å². The molecule has 2 aliphatic rings. The monoisotopic (exact) mass is 335 g/mol. The van der Waals surface area contributed by atoms with Gasteiger partial charge in [-0.25, -0.2) is 0 Å². The number of hydrogen-bond acceptors (Lipinski definition) is 2. The van der Waals surface area contributed by atoms with Crippen LogP contribution in [0.2, 0.25) is 0 Å². The van der Waals surface area contributed by atoms with Gasteiger partial charge in [-0.15, -0.1) is 12.4 Å². The van der Waals surface area contributed by atoms with Gasteiger partial charge in [0, 0.05) is 12.6 Å². The van der Waals surface area contributed by atoms with Crippen molar-refractivity contribution >= 4 is 12.4 Å². The molecule has 3 rings (SSSR count). The van der Waals surface area contributed by atoms with Crippen molar-refractivity contribution in [1.82, 2.24) is 4.90 Å². The number of halogens is 1. The SMILES string of the molecule is CC(C)=CCN1CCC[C@@]2(C)c3cc(O)ccc3C[C@@H]1[C@H]2C.Cl. The van der Waals surface area contributed by atoms with Crippen LogP contribution in [-0.4, -0.2) is 29.1 Å².